The van der Waals surface area contributed by atoms with Crippen LogP contribution >= 0.6 is 0 Å². The molecule has 0 saturated carbocycles. The van der Waals surface area contributed by atoms with Crippen LogP contribution in [0.2, 0.25) is 0 Å². The van der Waals surface area contributed by atoms with Crippen LogP contribution in [0.1, 0.15) is 11.1 Å². The Morgan fingerprint density at radius 2 is 1.58 bits per heavy atom. The average Bonchev–Trinajstić information content (AvgIpc) is 2.84. The zero-order chi connectivity index (χ0) is 21.7. The first-order valence-corrected chi connectivity index (χ1v) is 11.4. The lowest BCUT2D eigenvalue weighted by molar-refractivity contribution is 0.384. The van der Waals surface area contributed by atoms with Gasteiger partial charge < -0.3 is 9.64 Å². The monoisotopic (exact) mass is 433 g/mol. The fourth-order valence-electron chi connectivity index (χ4n) is 3.43. The van der Waals surface area contributed by atoms with Gasteiger partial charge in [0.2, 0.25) is 10.0 Å². The van der Waals surface area contributed by atoms with Gasteiger partial charge in [-0.05, 0) is 48.5 Å². The molecule has 0 unspecified atom stereocenters. The molecule has 1 fully saturated rings. The van der Waals surface area contributed by atoms with Crippen LogP contribution in [0.3, 0.4) is 0 Å². The van der Waals surface area contributed by atoms with Crippen molar-refractivity contribution in [2.75, 3.05) is 38.2 Å². The maximum Gasteiger partial charge on any atom is 0.243 e. The van der Waals surface area contributed by atoms with E-state index in [1.807, 2.05) is 48.5 Å². The number of piperazine rings is 1. The molecular weight excluding hydrogens is 410 g/mol. The van der Waals surface area contributed by atoms with Gasteiger partial charge in [-0.15, -0.1) is 0 Å². The quantitative estimate of drug-likeness (QED) is 0.592. The highest BCUT2D eigenvalue weighted by atomic mass is 32.2. The van der Waals surface area contributed by atoms with Crippen molar-refractivity contribution >= 4 is 15.8 Å². The van der Waals surface area contributed by atoms with Crippen molar-refractivity contribution in [1.82, 2.24) is 9.29 Å². The Bertz CT molecular complexity index is 1210. The van der Waals surface area contributed by atoms with E-state index in [0.717, 1.165) is 17.1 Å². The topological polar surface area (TPSA) is 62.7 Å². The number of methoxy groups -OCH3 is 1. The fraction of sp³-hybridized carbons (Fsp3) is 0.208. The second-order valence-electron chi connectivity index (χ2n) is 7.09. The van der Waals surface area contributed by atoms with E-state index in [0.29, 0.717) is 31.7 Å². The number of anilines is 1. The van der Waals surface area contributed by atoms with Gasteiger partial charge in [0.15, 0.2) is 0 Å². The van der Waals surface area contributed by atoms with E-state index in [9.17, 15) is 8.42 Å². The van der Waals surface area contributed by atoms with Crippen LogP contribution in [0.25, 0.3) is 0 Å². The molecule has 0 aliphatic carbocycles. The molecule has 1 saturated heterocycles. The molecule has 4 rings (SSSR count). The summed E-state index contributed by atoms with van der Waals surface area (Å²) in [6.07, 6.45) is 1.75. The van der Waals surface area contributed by atoms with Gasteiger partial charge in [0, 0.05) is 43.5 Å². The Morgan fingerprint density at radius 1 is 0.871 bits per heavy atom. The Kier molecular flexibility index (Phi) is 6.21. The SMILES string of the molecule is COc1cccc(C#Cc2cccc(S(=O)(=O)N3CCN(c4ccccn4)CC3)c2)c1. The standard InChI is InChI=1S/C24H23N3O3S/c1-30-22-8-4-6-20(18-22)11-12-21-7-5-9-23(19-21)31(28,29)27-16-14-26(15-17-27)24-10-2-3-13-25-24/h2-10,13,18-19H,14-17H2,1H3. The molecule has 3 aromatic rings. The Balaban J connectivity index is 1.49. The first-order valence-electron chi connectivity index (χ1n) is 9.98. The van der Waals surface area contributed by atoms with Crippen molar-refractivity contribution in [2.45, 2.75) is 4.90 Å². The van der Waals surface area contributed by atoms with E-state index in [-0.39, 0.29) is 4.90 Å². The summed E-state index contributed by atoms with van der Waals surface area (Å²) >= 11 is 0. The van der Waals surface area contributed by atoms with Crippen LogP contribution in [0.15, 0.2) is 77.8 Å². The summed E-state index contributed by atoms with van der Waals surface area (Å²) in [4.78, 5) is 6.71. The molecule has 0 bridgehead atoms. The molecular formula is C24H23N3O3S. The highest BCUT2D eigenvalue weighted by molar-refractivity contribution is 7.89. The molecule has 2 aromatic carbocycles. The summed E-state index contributed by atoms with van der Waals surface area (Å²) in [6, 6.07) is 20.0. The minimum absolute atomic E-state index is 0.260. The molecule has 1 aliphatic heterocycles. The summed E-state index contributed by atoms with van der Waals surface area (Å²) < 4.78 is 33.1. The van der Waals surface area contributed by atoms with Crippen LogP contribution in [0, 0.1) is 11.8 Å². The van der Waals surface area contributed by atoms with E-state index < -0.39 is 10.0 Å². The highest BCUT2D eigenvalue weighted by Crippen LogP contribution is 2.21. The number of pyridine rings is 1. The smallest absolute Gasteiger partial charge is 0.243 e. The number of sulfonamides is 1. The zero-order valence-electron chi connectivity index (χ0n) is 17.2. The summed E-state index contributed by atoms with van der Waals surface area (Å²) in [7, 11) is -1.98. The van der Waals surface area contributed by atoms with E-state index >= 15 is 0 Å². The van der Waals surface area contributed by atoms with Gasteiger partial charge in [0.05, 0.1) is 12.0 Å². The van der Waals surface area contributed by atoms with Gasteiger partial charge in [-0.1, -0.05) is 30.0 Å². The number of aromatic nitrogens is 1. The maximum atomic E-state index is 13.2. The summed E-state index contributed by atoms with van der Waals surface area (Å²) in [5.41, 5.74) is 1.45. The Hall–Kier alpha value is -3.34. The first kappa shape index (κ1) is 20.9. The lowest BCUT2D eigenvalue weighted by atomic mass is 10.2. The molecule has 1 aliphatic rings. The van der Waals surface area contributed by atoms with Crippen LogP contribution in [0.4, 0.5) is 5.82 Å². The molecule has 31 heavy (non-hydrogen) atoms. The van der Waals surface area contributed by atoms with Gasteiger partial charge in [-0.25, -0.2) is 13.4 Å². The lowest BCUT2D eigenvalue weighted by Gasteiger charge is -2.34. The van der Waals surface area contributed by atoms with E-state index in [4.69, 9.17) is 4.74 Å². The van der Waals surface area contributed by atoms with E-state index in [1.54, 1.807) is 31.5 Å². The maximum absolute atomic E-state index is 13.2. The van der Waals surface area contributed by atoms with E-state index in [2.05, 4.69) is 21.7 Å². The number of rotatable bonds is 4. The van der Waals surface area contributed by atoms with Crippen molar-refractivity contribution in [2.24, 2.45) is 0 Å². The third-order valence-corrected chi connectivity index (χ3v) is 7.00. The molecule has 6 nitrogen and oxygen atoms in total. The van der Waals surface area contributed by atoms with Crippen LogP contribution in [-0.4, -0.2) is 51.0 Å². The summed E-state index contributed by atoms with van der Waals surface area (Å²) in [5.74, 6) is 7.72. The van der Waals surface area contributed by atoms with Crippen molar-refractivity contribution in [3.63, 3.8) is 0 Å². The molecule has 0 N–H and O–H groups in total. The van der Waals surface area contributed by atoms with Crippen LogP contribution in [0.5, 0.6) is 5.75 Å². The Labute approximate surface area is 183 Å². The second-order valence-corrected chi connectivity index (χ2v) is 9.03. The number of hydrogen-bond acceptors (Lipinski definition) is 5. The minimum atomic E-state index is -3.59. The van der Waals surface area contributed by atoms with Gasteiger partial charge in [-0.2, -0.15) is 4.31 Å². The lowest BCUT2D eigenvalue weighted by Crippen LogP contribution is -2.48. The molecule has 0 spiro atoms. The van der Waals surface area contributed by atoms with Gasteiger partial charge in [0.25, 0.3) is 0 Å². The average molecular weight is 434 g/mol. The van der Waals surface area contributed by atoms with Crippen molar-refractivity contribution in [3.05, 3.63) is 84.1 Å². The molecule has 1 aromatic heterocycles. The van der Waals surface area contributed by atoms with Crippen molar-refractivity contribution in [1.29, 1.82) is 0 Å². The third-order valence-electron chi connectivity index (χ3n) is 5.10. The normalized spacial score (nSPS) is 14.5. The predicted molar refractivity (Wildman–Crippen MR) is 121 cm³/mol. The number of nitrogens with zero attached hydrogens (tertiary/aromatic N) is 3. The summed E-state index contributed by atoms with van der Waals surface area (Å²) in [6.45, 7) is 2.04. The number of ether oxygens (including phenoxy) is 1. The second kappa shape index (κ2) is 9.21. The van der Waals surface area contributed by atoms with Crippen molar-refractivity contribution in [3.8, 4) is 17.6 Å². The third kappa shape index (κ3) is 4.88. The predicted octanol–water partition coefficient (Wildman–Crippen LogP) is 3.00. The van der Waals surface area contributed by atoms with Crippen molar-refractivity contribution < 1.29 is 13.2 Å². The Morgan fingerprint density at radius 3 is 2.26 bits per heavy atom. The van der Waals surface area contributed by atoms with Crippen LogP contribution in [-0.2, 0) is 10.0 Å². The number of benzene rings is 2. The molecule has 0 atom stereocenters. The molecule has 0 amide bonds. The molecule has 7 heteroatoms. The largest absolute Gasteiger partial charge is 0.497 e. The van der Waals surface area contributed by atoms with Gasteiger partial charge in [-0.3, -0.25) is 0 Å². The van der Waals surface area contributed by atoms with E-state index in [1.165, 1.54) is 4.31 Å². The molecule has 0 radical (unpaired) electrons. The van der Waals surface area contributed by atoms with Gasteiger partial charge in [0.1, 0.15) is 11.6 Å². The fourth-order valence-corrected chi connectivity index (χ4v) is 4.90. The zero-order valence-corrected chi connectivity index (χ0v) is 18.0. The minimum Gasteiger partial charge on any atom is -0.497 e. The molecule has 158 valence electrons. The van der Waals surface area contributed by atoms with Crippen LogP contribution < -0.4 is 9.64 Å². The molecule has 2 heterocycles. The first-order chi connectivity index (χ1) is 15.1. The van der Waals surface area contributed by atoms with Gasteiger partial charge >= 0.3 is 0 Å². The number of hydrogen-bond donors (Lipinski definition) is 0. The summed E-state index contributed by atoms with van der Waals surface area (Å²) in [5, 5.41) is 0. The highest BCUT2D eigenvalue weighted by Gasteiger charge is 2.28.